The highest BCUT2D eigenvalue weighted by Gasteiger charge is 2.28. The summed E-state index contributed by atoms with van der Waals surface area (Å²) in [7, 11) is 2.45. The van der Waals surface area contributed by atoms with Gasteiger partial charge in [-0.05, 0) is 6.92 Å². The molecule has 10 heavy (non-hydrogen) atoms. The van der Waals surface area contributed by atoms with E-state index in [4.69, 9.17) is 0 Å². The summed E-state index contributed by atoms with van der Waals surface area (Å²) in [6.07, 6.45) is 0. The highest BCUT2D eigenvalue weighted by molar-refractivity contribution is 7.13. The number of hydrogen-bond acceptors (Lipinski definition) is 3. The number of Topliss-reactive ketones (excluding diaryl/α,β-unsaturated/α-hetero) is 1. The van der Waals surface area contributed by atoms with Crippen LogP contribution in [-0.2, 0) is 4.79 Å². The second-order valence-corrected chi connectivity index (χ2v) is 2.98. The van der Waals surface area contributed by atoms with Crippen molar-refractivity contribution in [3.63, 3.8) is 0 Å². The lowest BCUT2D eigenvalue weighted by Gasteiger charge is -2.13. The van der Waals surface area contributed by atoms with Crippen molar-refractivity contribution in [3.05, 3.63) is 0 Å². The average molecular weight is 160 g/mol. The Labute approximate surface area is 63.2 Å². The van der Waals surface area contributed by atoms with Gasteiger partial charge in [-0.2, -0.15) is 0 Å². The van der Waals surface area contributed by atoms with Crippen molar-refractivity contribution < 1.29 is 4.79 Å². The molecule has 1 aliphatic heterocycles. The van der Waals surface area contributed by atoms with Gasteiger partial charge in [0, 0.05) is 25.0 Å². The third kappa shape index (κ3) is 1.54. The maximum absolute atomic E-state index is 10.9. The van der Waals surface area contributed by atoms with Crippen LogP contribution >= 0.6 is 9.39 Å². The van der Waals surface area contributed by atoms with Crippen molar-refractivity contribution >= 4 is 15.2 Å². The first-order valence-corrected chi connectivity index (χ1v) is 4.00. The van der Waals surface area contributed by atoms with Crippen LogP contribution in [0.4, 0.5) is 0 Å². The normalized spacial score (nSPS) is 32.6. The monoisotopic (exact) mass is 160 g/mol. The van der Waals surface area contributed by atoms with Crippen molar-refractivity contribution in [1.82, 2.24) is 10.4 Å². The highest BCUT2D eigenvalue weighted by Crippen LogP contribution is 2.10. The molecule has 0 radical (unpaired) electrons. The van der Waals surface area contributed by atoms with Crippen LogP contribution < -0.4 is 10.4 Å². The number of ketones is 1. The molecule has 0 amide bonds. The fourth-order valence-electron chi connectivity index (χ4n) is 1.28. The maximum atomic E-state index is 10.9. The number of carbonyl (C=O) groups excluding carboxylic acids is 1. The first kappa shape index (κ1) is 8.12. The van der Waals surface area contributed by atoms with Crippen LogP contribution in [-0.4, -0.2) is 24.9 Å². The van der Waals surface area contributed by atoms with Crippen molar-refractivity contribution in [2.45, 2.75) is 13.0 Å². The third-order valence-corrected chi connectivity index (χ3v) is 2.38. The topological polar surface area (TPSA) is 41.1 Å². The van der Waals surface area contributed by atoms with E-state index < -0.39 is 0 Å². The summed E-state index contributed by atoms with van der Waals surface area (Å²) in [6, 6.07) is 0.308. The first-order valence-electron chi connectivity index (χ1n) is 3.43. The fraction of sp³-hybridized carbons (Fsp3) is 0.833. The molecule has 1 fully saturated rings. The predicted molar refractivity (Wildman–Crippen MR) is 43.7 cm³/mol. The minimum Gasteiger partial charge on any atom is -0.314 e. The van der Waals surface area contributed by atoms with Gasteiger partial charge in [0.05, 0.1) is 0 Å². The lowest BCUT2D eigenvalue weighted by Crippen LogP contribution is -2.32. The van der Waals surface area contributed by atoms with Crippen LogP contribution in [0.1, 0.15) is 6.92 Å². The molecular formula is C6H13N2OP. The van der Waals surface area contributed by atoms with E-state index in [1.54, 1.807) is 6.92 Å². The number of rotatable bonds is 2. The Bertz CT molecular complexity index is 140. The number of hydrogen-bond donors (Lipinski definition) is 2. The first-order chi connectivity index (χ1) is 4.75. The van der Waals surface area contributed by atoms with Gasteiger partial charge >= 0.3 is 0 Å². The molecule has 0 bridgehead atoms. The summed E-state index contributed by atoms with van der Waals surface area (Å²) in [4.78, 5) is 10.9. The Morgan fingerprint density at radius 2 is 2.40 bits per heavy atom. The Kier molecular flexibility index (Phi) is 2.78. The summed E-state index contributed by atoms with van der Waals surface area (Å²) in [5, 5.41) is 6.19. The molecule has 0 spiro atoms. The van der Waals surface area contributed by atoms with Gasteiger partial charge in [0.15, 0.2) is 0 Å². The van der Waals surface area contributed by atoms with E-state index in [2.05, 4.69) is 19.8 Å². The molecular weight excluding hydrogens is 147 g/mol. The molecule has 3 unspecified atom stereocenters. The molecule has 2 N–H and O–H groups in total. The van der Waals surface area contributed by atoms with E-state index >= 15 is 0 Å². The van der Waals surface area contributed by atoms with Gasteiger partial charge in [0.25, 0.3) is 0 Å². The van der Waals surface area contributed by atoms with E-state index in [-0.39, 0.29) is 11.7 Å². The largest absolute Gasteiger partial charge is 0.314 e. The van der Waals surface area contributed by atoms with Crippen molar-refractivity contribution in [2.24, 2.45) is 5.92 Å². The maximum Gasteiger partial charge on any atom is 0.135 e. The minimum absolute atomic E-state index is 0.164. The second-order valence-electron chi connectivity index (χ2n) is 2.65. The van der Waals surface area contributed by atoms with E-state index in [1.165, 1.54) is 0 Å². The van der Waals surface area contributed by atoms with E-state index in [9.17, 15) is 4.79 Å². The smallest absolute Gasteiger partial charge is 0.135 e. The summed E-state index contributed by atoms with van der Waals surface area (Å²) >= 11 is 0. The molecule has 0 saturated carbocycles. The van der Waals surface area contributed by atoms with Crippen LogP contribution in [0.15, 0.2) is 0 Å². The average Bonchev–Trinajstić information content (AvgIpc) is 2.33. The molecule has 4 heteroatoms. The van der Waals surface area contributed by atoms with Gasteiger partial charge in [-0.25, -0.2) is 0 Å². The molecule has 1 aliphatic rings. The molecule has 1 rings (SSSR count). The van der Waals surface area contributed by atoms with Gasteiger partial charge in [-0.3, -0.25) is 9.88 Å². The van der Waals surface area contributed by atoms with E-state index in [0.29, 0.717) is 6.04 Å². The molecule has 1 saturated heterocycles. The quantitative estimate of drug-likeness (QED) is 0.537. The van der Waals surface area contributed by atoms with Gasteiger partial charge in [0.1, 0.15) is 5.78 Å². The summed E-state index contributed by atoms with van der Waals surface area (Å²) in [6.45, 7) is 3.36. The lowest BCUT2D eigenvalue weighted by molar-refractivity contribution is -0.120. The van der Waals surface area contributed by atoms with Crippen LogP contribution in [0.5, 0.6) is 0 Å². The zero-order valence-electron chi connectivity index (χ0n) is 6.05. The fourth-order valence-corrected chi connectivity index (χ4v) is 1.63. The van der Waals surface area contributed by atoms with Crippen LogP contribution in [0.2, 0.25) is 0 Å². The van der Waals surface area contributed by atoms with Crippen LogP contribution in [0, 0.1) is 5.92 Å². The highest BCUT2D eigenvalue weighted by atomic mass is 31.0. The lowest BCUT2D eigenvalue weighted by atomic mass is 10.0. The molecule has 3 atom stereocenters. The Morgan fingerprint density at radius 1 is 1.70 bits per heavy atom. The van der Waals surface area contributed by atoms with Gasteiger partial charge < -0.3 is 5.32 Å². The molecule has 1 heterocycles. The zero-order chi connectivity index (χ0) is 7.56. The molecule has 58 valence electrons. The molecule has 0 aromatic heterocycles. The van der Waals surface area contributed by atoms with Crippen molar-refractivity contribution in [3.8, 4) is 0 Å². The molecule has 0 aromatic carbocycles. The summed E-state index contributed by atoms with van der Waals surface area (Å²) < 4.78 is 0. The summed E-state index contributed by atoms with van der Waals surface area (Å²) in [5.41, 5.74) is 0. The number of carbonyl (C=O) groups is 1. The molecule has 3 nitrogen and oxygen atoms in total. The standard InChI is InChI=1S/C6H13N2OP/c1-4(9)5-2-7-3-6(5)8-10/h5-8H,2-3,10H2,1H3. The molecule has 0 aromatic rings. The predicted octanol–water partition coefficient (Wildman–Crippen LogP) is -0.457. The van der Waals surface area contributed by atoms with Gasteiger partial charge in [-0.1, -0.05) is 9.39 Å². The Hall–Kier alpha value is 0.0200. The summed E-state index contributed by atoms with van der Waals surface area (Å²) in [5.74, 6) is 0.433. The minimum atomic E-state index is 0.164. The van der Waals surface area contributed by atoms with E-state index in [0.717, 1.165) is 13.1 Å². The van der Waals surface area contributed by atoms with Crippen molar-refractivity contribution in [2.75, 3.05) is 13.1 Å². The van der Waals surface area contributed by atoms with Crippen LogP contribution in [0.25, 0.3) is 0 Å². The van der Waals surface area contributed by atoms with Gasteiger partial charge in [0.2, 0.25) is 0 Å². The Balaban J connectivity index is 2.50. The van der Waals surface area contributed by atoms with E-state index in [1.807, 2.05) is 0 Å². The van der Waals surface area contributed by atoms with Crippen molar-refractivity contribution in [1.29, 1.82) is 0 Å². The van der Waals surface area contributed by atoms with Crippen LogP contribution in [0.3, 0.4) is 0 Å². The van der Waals surface area contributed by atoms with Gasteiger partial charge in [-0.15, -0.1) is 0 Å². The second kappa shape index (κ2) is 3.42. The third-order valence-electron chi connectivity index (χ3n) is 1.95. The zero-order valence-corrected chi connectivity index (χ0v) is 7.21. The number of nitrogens with one attached hydrogen (secondary N) is 2. The SMILES string of the molecule is CC(=O)C1CNCC1NP. The molecule has 0 aliphatic carbocycles. The Morgan fingerprint density at radius 3 is 2.80 bits per heavy atom.